The lowest BCUT2D eigenvalue weighted by Gasteiger charge is -2.11. The second kappa shape index (κ2) is 10.8. The number of benzene rings is 2. The standard InChI is InChI=1S/C19H20ClNO3.ClH/c1-21(2)12-13-23-19(22)18(14-15-6-4-3-5-7-15)24-17-10-8-16(20)9-11-17;/h3-11,14H,12-13H2,1-2H3;1H/b18-14-;. The predicted molar refractivity (Wildman–Crippen MR) is 95.1 cm³/mol. The van der Waals surface area contributed by atoms with Crippen molar-refractivity contribution in [2.24, 2.45) is 0 Å². The summed E-state index contributed by atoms with van der Waals surface area (Å²) in [6.45, 7) is 1.06. The van der Waals surface area contributed by atoms with Gasteiger partial charge in [-0.3, -0.25) is 0 Å². The van der Waals surface area contributed by atoms with Gasteiger partial charge >= 0.3 is 5.97 Å². The van der Waals surface area contributed by atoms with Crippen LogP contribution in [0.1, 0.15) is 5.56 Å². The summed E-state index contributed by atoms with van der Waals surface area (Å²) in [4.78, 5) is 13.6. The Bertz CT molecular complexity index is 686. The van der Waals surface area contributed by atoms with E-state index in [0.717, 1.165) is 12.1 Å². The van der Waals surface area contributed by atoms with Gasteiger partial charge in [0.15, 0.2) is 0 Å². The summed E-state index contributed by atoms with van der Waals surface area (Å²) in [6.07, 6.45) is 1.67. The van der Waals surface area contributed by atoms with E-state index in [0.29, 0.717) is 17.4 Å². The molecule has 2 aromatic carbocycles. The van der Waals surface area contributed by atoms with Crippen molar-refractivity contribution in [3.8, 4) is 5.75 Å². The third kappa shape index (κ3) is 7.61. The number of quaternary nitrogens is 1. The zero-order valence-electron chi connectivity index (χ0n) is 14.2. The van der Waals surface area contributed by atoms with Gasteiger partial charge < -0.3 is 26.8 Å². The van der Waals surface area contributed by atoms with Crippen molar-refractivity contribution in [3.05, 3.63) is 70.9 Å². The Labute approximate surface area is 159 Å². The van der Waals surface area contributed by atoms with E-state index >= 15 is 0 Å². The molecular formula is C19H21Cl2NO3. The number of esters is 1. The van der Waals surface area contributed by atoms with E-state index in [1.165, 1.54) is 4.90 Å². The van der Waals surface area contributed by atoms with Crippen LogP contribution >= 0.6 is 11.6 Å². The second-order valence-corrected chi connectivity index (χ2v) is 6.00. The fourth-order valence-electron chi connectivity index (χ4n) is 1.88. The first-order chi connectivity index (χ1) is 11.5. The van der Waals surface area contributed by atoms with Crippen LogP contribution in [0.25, 0.3) is 6.08 Å². The average molecular weight is 382 g/mol. The van der Waals surface area contributed by atoms with Crippen molar-refractivity contribution in [1.29, 1.82) is 0 Å². The lowest BCUT2D eigenvalue weighted by atomic mass is 10.2. The van der Waals surface area contributed by atoms with E-state index in [9.17, 15) is 4.79 Å². The molecule has 6 heteroatoms. The predicted octanol–water partition coefficient (Wildman–Crippen LogP) is -0.548. The summed E-state index contributed by atoms with van der Waals surface area (Å²) >= 11 is 5.87. The number of rotatable bonds is 7. The van der Waals surface area contributed by atoms with Gasteiger partial charge in [0.2, 0.25) is 5.76 Å². The number of hydrogen-bond acceptors (Lipinski definition) is 3. The smallest absolute Gasteiger partial charge is 0.374 e. The summed E-state index contributed by atoms with van der Waals surface area (Å²) < 4.78 is 11.0. The lowest BCUT2D eigenvalue weighted by molar-refractivity contribution is -0.858. The average Bonchev–Trinajstić information content (AvgIpc) is 2.57. The van der Waals surface area contributed by atoms with Crippen molar-refractivity contribution in [2.75, 3.05) is 27.2 Å². The molecule has 0 aliphatic heterocycles. The highest BCUT2D eigenvalue weighted by Gasteiger charge is 2.15. The fourth-order valence-corrected chi connectivity index (χ4v) is 2.01. The largest absolute Gasteiger partial charge is 1.00 e. The number of carbonyl (C=O) groups is 1. The molecule has 0 unspecified atom stereocenters. The molecule has 0 saturated heterocycles. The quantitative estimate of drug-likeness (QED) is 0.397. The molecule has 0 aliphatic rings. The van der Waals surface area contributed by atoms with Crippen molar-refractivity contribution in [1.82, 2.24) is 0 Å². The van der Waals surface area contributed by atoms with Gasteiger partial charge in [0.1, 0.15) is 18.9 Å². The normalized spacial score (nSPS) is 11.0. The van der Waals surface area contributed by atoms with Crippen molar-refractivity contribution < 1.29 is 31.6 Å². The first kappa shape index (κ1) is 21.0. The summed E-state index contributed by atoms with van der Waals surface area (Å²) in [6, 6.07) is 16.3. The Morgan fingerprint density at radius 3 is 2.32 bits per heavy atom. The first-order valence-electron chi connectivity index (χ1n) is 7.71. The third-order valence-corrected chi connectivity index (χ3v) is 3.43. The minimum Gasteiger partial charge on any atom is -1.00 e. The number of hydrogen-bond donors (Lipinski definition) is 1. The molecule has 2 aromatic rings. The number of nitrogens with one attached hydrogen (secondary N) is 1. The first-order valence-corrected chi connectivity index (χ1v) is 8.09. The van der Waals surface area contributed by atoms with E-state index in [1.54, 1.807) is 30.3 Å². The molecule has 0 atom stereocenters. The number of likely N-dealkylation sites (N-methyl/N-ethyl adjacent to an activating group) is 1. The molecule has 0 aromatic heterocycles. The minimum absolute atomic E-state index is 0. The monoisotopic (exact) mass is 381 g/mol. The van der Waals surface area contributed by atoms with Crippen molar-refractivity contribution >= 4 is 23.6 Å². The zero-order valence-corrected chi connectivity index (χ0v) is 15.7. The van der Waals surface area contributed by atoms with E-state index in [4.69, 9.17) is 21.1 Å². The van der Waals surface area contributed by atoms with Crippen LogP contribution in [0.4, 0.5) is 0 Å². The Hall–Kier alpha value is -2.01. The molecular weight excluding hydrogens is 361 g/mol. The van der Waals surface area contributed by atoms with Gasteiger partial charge in [-0.05, 0) is 35.9 Å². The summed E-state index contributed by atoms with van der Waals surface area (Å²) in [7, 11) is 4.00. The SMILES string of the molecule is C[NH+](C)CCOC(=O)/C(=C/c1ccccc1)Oc1ccc(Cl)cc1.[Cl-]. The zero-order chi connectivity index (χ0) is 17.4. The van der Waals surface area contributed by atoms with E-state index < -0.39 is 5.97 Å². The highest BCUT2D eigenvalue weighted by Crippen LogP contribution is 2.19. The summed E-state index contributed by atoms with van der Waals surface area (Å²) in [5.74, 6) is 0.170. The minimum atomic E-state index is -0.491. The number of ether oxygens (including phenoxy) is 2. The maximum Gasteiger partial charge on any atom is 0.374 e. The third-order valence-electron chi connectivity index (χ3n) is 3.18. The van der Waals surface area contributed by atoms with E-state index in [1.807, 2.05) is 44.4 Å². The topological polar surface area (TPSA) is 40.0 Å². The molecule has 0 bridgehead atoms. The van der Waals surface area contributed by atoms with Gasteiger partial charge in [-0.15, -0.1) is 0 Å². The van der Waals surface area contributed by atoms with Crippen molar-refractivity contribution in [3.63, 3.8) is 0 Å². The maximum absolute atomic E-state index is 12.3. The van der Waals surface area contributed by atoms with Gasteiger partial charge in [0, 0.05) is 5.02 Å². The Kier molecular flexibility index (Phi) is 9.06. The van der Waals surface area contributed by atoms with Crippen LogP contribution in [-0.2, 0) is 9.53 Å². The number of carbonyl (C=O) groups excluding carboxylic acids is 1. The Balaban J connectivity index is 0.00000312. The van der Waals surface area contributed by atoms with Crippen molar-refractivity contribution in [2.45, 2.75) is 0 Å². The summed E-state index contributed by atoms with van der Waals surface area (Å²) in [5.41, 5.74) is 0.858. The van der Waals surface area contributed by atoms with Gasteiger partial charge in [-0.2, -0.15) is 0 Å². The molecule has 2 rings (SSSR count). The Morgan fingerprint density at radius 1 is 1.08 bits per heavy atom. The fraction of sp³-hybridized carbons (Fsp3) is 0.211. The maximum atomic E-state index is 12.3. The molecule has 4 nitrogen and oxygen atoms in total. The molecule has 0 amide bonds. The summed E-state index contributed by atoms with van der Waals surface area (Å²) in [5, 5.41) is 0.604. The van der Waals surface area contributed by atoms with Crippen LogP contribution in [0.2, 0.25) is 5.02 Å². The van der Waals surface area contributed by atoms with Gasteiger partial charge in [-0.25, -0.2) is 4.79 Å². The van der Waals surface area contributed by atoms with Crippen LogP contribution in [-0.4, -0.2) is 33.2 Å². The van der Waals surface area contributed by atoms with Crippen LogP contribution < -0.4 is 22.0 Å². The van der Waals surface area contributed by atoms with Crippen LogP contribution in [0.15, 0.2) is 60.4 Å². The molecule has 0 spiro atoms. The molecule has 0 aliphatic carbocycles. The van der Waals surface area contributed by atoms with E-state index in [2.05, 4.69) is 0 Å². The molecule has 0 radical (unpaired) electrons. The molecule has 134 valence electrons. The highest BCUT2D eigenvalue weighted by molar-refractivity contribution is 6.30. The highest BCUT2D eigenvalue weighted by atomic mass is 35.5. The van der Waals surface area contributed by atoms with Gasteiger partial charge in [-0.1, -0.05) is 41.9 Å². The second-order valence-electron chi connectivity index (χ2n) is 5.57. The van der Waals surface area contributed by atoms with Gasteiger partial charge in [0.05, 0.1) is 14.1 Å². The molecule has 1 N–H and O–H groups in total. The number of halogens is 2. The molecule has 0 heterocycles. The van der Waals surface area contributed by atoms with Gasteiger partial charge in [0.25, 0.3) is 0 Å². The molecule has 0 saturated carbocycles. The van der Waals surface area contributed by atoms with Crippen LogP contribution in [0, 0.1) is 0 Å². The van der Waals surface area contributed by atoms with Crippen LogP contribution in [0.3, 0.4) is 0 Å². The molecule has 25 heavy (non-hydrogen) atoms. The Morgan fingerprint density at radius 2 is 1.72 bits per heavy atom. The van der Waals surface area contributed by atoms with E-state index in [-0.39, 0.29) is 18.2 Å². The molecule has 0 fully saturated rings. The lowest BCUT2D eigenvalue weighted by Crippen LogP contribution is -3.06. The van der Waals surface area contributed by atoms with Crippen LogP contribution in [0.5, 0.6) is 5.75 Å².